The van der Waals surface area contributed by atoms with E-state index in [1.807, 2.05) is 20.0 Å². The molecule has 0 bridgehead atoms. The Bertz CT molecular complexity index is 1130. The highest BCUT2D eigenvalue weighted by molar-refractivity contribution is 6.03. The average Bonchev–Trinajstić information content (AvgIpc) is 3.19. The van der Waals surface area contributed by atoms with Crippen molar-refractivity contribution in [2.24, 2.45) is 7.05 Å². The molecule has 3 heterocycles. The van der Waals surface area contributed by atoms with Crippen LogP contribution in [-0.4, -0.2) is 35.4 Å². The first-order valence-corrected chi connectivity index (χ1v) is 7.97. The van der Waals surface area contributed by atoms with Gasteiger partial charge in [0.1, 0.15) is 5.75 Å². The number of fused-ring (bicyclic) bond motifs is 1. The number of nitrogens with zero attached hydrogens (tertiary/aromatic N) is 5. The molecule has 0 aliphatic rings. The molecule has 26 heavy (non-hydrogen) atoms. The van der Waals surface area contributed by atoms with E-state index in [4.69, 9.17) is 0 Å². The standard InChI is InChI=1S/C18H16N6O2/c1-11-14(10-20-23(11)2)16-6-7-19-17-9-15(22-24(16)17)18(26)21-12-4-3-5-13(25)8-12/h3-10,25H,1-2H3,(H,21,26). The van der Waals surface area contributed by atoms with Crippen molar-refractivity contribution in [1.29, 1.82) is 0 Å². The lowest BCUT2D eigenvalue weighted by molar-refractivity contribution is 0.102. The van der Waals surface area contributed by atoms with Crippen LogP contribution >= 0.6 is 0 Å². The molecule has 0 aliphatic heterocycles. The molecule has 1 aromatic carbocycles. The maximum Gasteiger partial charge on any atom is 0.276 e. The van der Waals surface area contributed by atoms with Crippen LogP contribution in [0, 0.1) is 6.92 Å². The topological polar surface area (TPSA) is 97.3 Å². The maximum atomic E-state index is 12.5. The molecule has 0 fully saturated rings. The molecule has 0 saturated heterocycles. The Morgan fingerprint density at radius 3 is 2.81 bits per heavy atom. The molecule has 0 spiro atoms. The Morgan fingerprint density at radius 2 is 2.08 bits per heavy atom. The van der Waals surface area contributed by atoms with Crippen molar-refractivity contribution >= 4 is 17.2 Å². The summed E-state index contributed by atoms with van der Waals surface area (Å²) in [5.74, 6) is -0.302. The normalized spacial score (nSPS) is 11.0. The minimum absolute atomic E-state index is 0.0776. The van der Waals surface area contributed by atoms with Crippen molar-refractivity contribution in [2.75, 3.05) is 5.32 Å². The molecule has 8 nitrogen and oxygen atoms in total. The number of nitrogens with one attached hydrogen (secondary N) is 1. The molecule has 2 N–H and O–H groups in total. The number of carbonyl (C=O) groups excluding carboxylic acids is 1. The third kappa shape index (κ3) is 2.67. The van der Waals surface area contributed by atoms with Crippen molar-refractivity contribution in [3.8, 4) is 17.0 Å². The summed E-state index contributed by atoms with van der Waals surface area (Å²) >= 11 is 0. The Hall–Kier alpha value is -3.68. The van der Waals surface area contributed by atoms with Gasteiger partial charge in [0, 0.05) is 42.3 Å². The van der Waals surface area contributed by atoms with Crippen LogP contribution < -0.4 is 5.32 Å². The third-order valence-electron chi connectivity index (χ3n) is 4.21. The van der Waals surface area contributed by atoms with Crippen LogP contribution in [0.2, 0.25) is 0 Å². The Balaban J connectivity index is 1.73. The van der Waals surface area contributed by atoms with E-state index in [0.29, 0.717) is 11.3 Å². The molecular formula is C18H16N6O2. The van der Waals surface area contributed by atoms with Crippen LogP contribution in [0.15, 0.2) is 48.8 Å². The molecule has 130 valence electrons. The number of anilines is 1. The second-order valence-corrected chi connectivity index (χ2v) is 5.90. The molecular weight excluding hydrogens is 332 g/mol. The van der Waals surface area contributed by atoms with Gasteiger partial charge in [0.15, 0.2) is 11.3 Å². The predicted octanol–water partition coefficient (Wildman–Crippen LogP) is 2.40. The van der Waals surface area contributed by atoms with E-state index in [2.05, 4.69) is 20.5 Å². The highest BCUT2D eigenvalue weighted by Gasteiger charge is 2.16. The lowest BCUT2D eigenvalue weighted by Gasteiger charge is -2.04. The Morgan fingerprint density at radius 1 is 1.23 bits per heavy atom. The predicted molar refractivity (Wildman–Crippen MR) is 96.0 cm³/mol. The summed E-state index contributed by atoms with van der Waals surface area (Å²) in [6.07, 6.45) is 3.44. The van der Waals surface area contributed by atoms with Crippen molar-refractivity contribution in [3.05, 3.63) is 60.2 Å². The highest BCUT2D eigenvalue weighted by Crippen LogP contribution is 2.23. The van der Waals surface area contributed by atoms with Crippen LogP contribution in [-0.2, 0) is 7.05 Å². The fourth-order valence-corrected chi connectivity index (χ4v) is 2.74. The first-order chi connectivity index (χ1) is 12.5. The van der Waals surface area contributed by atoms with E-state index in [1.54, 1.807) is 39.8 Å². The van der Waals surface area contributed by atoms with E-state index < -0.39 is 0 Å². The van der Waals surface area contributed by atoms with E-state index in [0.717, 1.165) is 17.0 Å². The van der Waals surface area contributed by atoms with Crippen LogP contribution in [0.5, 0.6) is 5.75 Å². The van der Waals surface area contributed by atoms with Gasteiger partial charge in [-0.1, -0.05) is 6.07 Å². The van der Waals surface area contributed by atoms with Gasteiger partial charge in [0.25, 0.3) is 5.91 Å². The van der Waals surface area contributed by atoms with Crippen molar-refractivity contribution in [1.82, 2.24) is 24.4 Å². The largest absolute Gasteiger partial charge is 0.508 e. The third-order valence-corrected chi connectivity index (χ3v) is 4.21. The summed E-state index contributed by atoms with van der Waals surface area (Å²) in [6, 6.07) is 9.80. The Labute approximate surface area is 148 Å². The molecule has 0 unspecified atom stereocenters. The summed E-state index contributed by atoms with van der Waals surface area (Å²) in [5, 5.41) is 20.9. The number of rotatable bonds is 3. The quantitative estimate of drug-likeness (QED) is 0.592. The van der Waals surface area contributed by atoms with Crippen LogP contribution in [0.1, 0.15) is 16.2 Å². The summed E-state index contributed by atoms with van der Waals surface area (Å²) in [5.41, 5.74) is 3.99. The fraction of sp³-hybridized carbons (Fsp3) is 0.111. The number of benzene rings is 1. The summed E-state index contributed by atoms with van der Waals surface area (Å²) < 4.78 is 3.40. The molecule has 4 rings (SSSR count). The second kappa shape index (κ2) is 5.99. The molecule has 1 amide bonds. The molecule has 3 aromatic heterocycles. The number of amides is 1. The number of aromatic nitrogens is 5. The molecule has 0 saturated carbocycles. The van der Waals surface area contributed by atoms with Gasteiger partial charge in [-0.2, -0.15) is 10.2 Å². The van der Waals surface area contributed by atoms with E-state index >= 15 is 0 Å². The van der Waals surface area contributed by atoms with Gasteiger partial charge in [0.2, 0.25) is 0 Å². The molecule has 4 aromatic rings. The summed E-state index contributed by atoms with van der Waals surface area (Å²) in [7, 11) is 1.87. The number of phenols is 1. The van der Waals surface area contributed by atoms with Crippen LogP contribution in [0.4, 0.5) is 5.69 Å². The van der Waals surface area contributed by atoms with Gasteiger partial charge in [-0.15, -0.1) is 0 Å². The monoisotopic (exact) mass is 348 g/mol. The lowest BCUT2D eigenvalue weighted by Crippen LogP contribution is -2.12. The van der Waals surface area contributed by atoms with Crippen LogP contribution in [0.3, 0.4) is 0 Å². The van der Waals surface area contributed by atoms with E-state index in [9.17, 15) is 9.90 Å². The first kappa shape index (κ1) is 15.8. The molecule has 0 atom stereocenters. The minimum atomic E-state index is -0.380. The number of phenolic OH excluding ortho intramolecular Hbond substituents is 1. The molecule has 0 radical (unpaired) electrons. The molecule has 0 aliphatic carbocycles. The summed E-state index contributed by atoms with van der Waals surface area (Å²) in [6.45, 7) is 1.97. The fourth-order valence-electron chi connectivity index (χ4n) is 2.74. The van der Waals surface area contributed by atoms with E-state index in [1.165, 1.54) is 12.1 Å². The zero-order valence-corrected chi connectivity index (χ0v) is 14.2. The Kier molecular flexibility index (Phi) is 3.65. The zero-order valence-electron chi connectivity index (χ0n) is 14.2. The van der Waals surface area contributed by atoms with Crippen LogP contribution in [0.25, 0.3) is 16.9 Å². The minimum Gasteiger partial charge on any atom is -0.508 e. The summed E-state index contributed by atoms with van der Waals surface area (Å²) in [4.78, 5) is 16.8. The highest BCUT2D eigenvalue weighted by atomic mass is 16.3. The van der Waals surface area contributed by atoms with Gasteiger partial charge < -0.3 is 10.4 Å². The molecule has 8 heteroatoms. The van der Waals surface area contributed by atoms with Gasteiger partial charge in [0.05, 0.1) is 11.9 Å². The van der Waals surface area contributed by atoms with Gasteiger partial charge >= 0.3 is 0 Å². The van der Waals surface area contributed by atoms with Gasteiger partial charge in [-0.3, -0.25) is 9.48 Å². The zero-order chi connectivity index (χ0) is 18.3. The number of carbonyl (C=O) groups is 1. The number of aromatic hydroxyl groups is 1. The SMILES string of the molecule is Cc1c(-c2ccnc3cc(C(=O)Nc4cccc(O)c4)nn23)cnn1C. The van der Waals surface area contributed by atoms with Gasteiger partial charge in [-0.05, 0) is 25.1 Å². The second-order valence-electron chi connectivity index (χ2n) is 5.90. The number of hydrogen-bond acceptors (Lipinski definition) is 5. The van der Waals surface area contributed by atoms with Crippen molar-refractivity contribution in [3.63, 3.8) is 0 Å². The number of hydrogen-bond donors (Lipinski definition) is 2. The lowest BCUT2D eigenvalue weighted by atomic mass is 10.2. The number of aryl methyl sites for hydroxylation is 1. The van der Waals surface area contributed by atoms with Gasteiger partial charge in [-0.25, -0.2) is 9.50 Å². The first-order valence-electron chi connectivity index (χ1n) is 7.97. The maximum absolute atomic E-state index is 12.5. The smallest absolute Gasteiger partial charge is 0.276 e. The average molecular weight is 348 g/mol. The van der Waals surface area contributed by atoms with Crippen molar-refractivity contribution in [2.45, 2.75) is 6.92 Å². The van der Waals surface area contributed by atoms with E-state index in [-0.39, 0.29) is 17.4 Å². The van der Waals surface area contributed by atoms with Crippen molar-refractivity contribution < 1.29 is 9.90 Å².